The van der Waals surface area contributed by atoms with Gasteiger partial charge in [0.05, 0.1) is 5.56 Å². The number of ketones is 1. The zero-order valence-corrected chi connectivity index (χ0v) is 12.8. The van der Waals surface area contributed by atoms with Crippen LogP contribution in [0.25, 0.3) is 0 Å². The van der Waals surface area contributed by atoms with Crippen LogP contribution in [-0.2, 0) is 12.6 Å². The average Bonchev–Trinajstić information content (AvgIpc) is 2.41. The van der Waals surface area contributed by atoms with E-state index in [4.69, 9.17) is 11.6 Å². The van der Waals surface area contributed by atoms with Gasteiger partial charge in [0, 0.05) is 22.1 Å². The van der Waals surface area contributed by atoms with E-state index >= 15 is 0 Å². The smallest absolute Gasteiger partial charge is 0.292 e. The highest BCUT2D eigenvalue weighted by Crippen LogP contribution is 2.28. The molecule has 0 spiro atoms. The van der Waals surface area contributed by atoms with Gasteiger partial charge in [0.25, 0.3) is 0 Å². The molecule has 0 N–H and O–H groups in total. The molecular weight excluding hydrogens is 371 g/mol. The molecule has 0 aliphatic carbocycles. The van der Waals surface area contributed by atoms with Crippen LogP contribution < -0.4 is 0 Å². The van der Waals surface area contributed by atoms with Crippen molar-refractivity contribution in [3.05, 3.63) is 62.8 Å². The molecular formula is C14H8BrClF3NO. The van der Waals surface area contributed by atoms with Crippen molar-refractivity contribution >= 4 is 33.3 Å². The van der Waals surface area contributed by atoms with Crippen LogP contribution in [0.5, 0.6) is 0 Å². The molecule has 2 nitrogen and oxygen atoms in total. The quantitative estimate of drug-likeness (QED) is 0.708. The van der Waals surface area contributed by atoms with Crippen LogP contribution >= 0.6 is 27.5 Å². The summed E-state index contributed by atoms with van der Waals surface area (Å²) >= 11 is 9.24. The van der Waals surface area contributed by atoms with Crippen molar-refractivity contribution in [2.45, 2.75) is 12.6 Å². The number of hydrogen-bond donors (Lipinski definition) is 0. The van der Waals surface area contributed by atoms with Gasteiger partial charge in [-0.1, -0.05) is 33.6 Å². The SMILES string of the molecule is O=C(Cc1ccc(Br)cc1Cl)c1ccc(C(F)(F)F)cn1. The second-order valence-electron chi connectivity index (χ2n) is 4.27. The minimum Gasteiger partial charge on any atom is -0.292 e. The zero-order valence-electron chi connectivity index (χ0n) is 10.4. The fourth-order valence-corrected chi connectivity index (χ4v) is 2.40. The molecule has 0 saturated heterocycles. The van der Waals surface area contributed by atoms with Gasteiger partial charge >= 0.3 is 6.18 Å². The van der Waals surface area contributed by atoms with Crippen LogP contribution in [0.2, 0.25) is 5.02 Å². The largest absolute Gasteiger partial charge is 0.417 e. The number of alkyl halides is 3. The minimum absolute atomic E-state index is 0.0233. The van der Waals surface area contributed by atoms with Gasteiger partial charge in [-0.05, 0) is 29.8 Å². The van der Waals surface area contributed by atoms with Crippen molar-refractivity contribution in [3.63, 3.8) is 0 Å². The highest BCUT2D eigenvalue weighted by Gasteiger charge is 2.30. The lowest BCUT2D eigenvalue weighted by atomic mass is 10.1. The van der Waals surface area contributed by atoms with Gasteiger partial charge in [0.2, 0.25) is 0 Å². The number of carbonyl (C=O) groups excluding carboxylic acids is 1. The standard InChI is InChI=1S/C14H8BrClF3NO/c15-10-3-1-8(11(16)6-10)5-13(21)12-4-2-9(7-20-12)14(17,18)19/h1-4,6-7H,5H2. The Morgan fingerprint density at radius 1 is 1.24 bits per heavy atom. The predicted octanol–water partition coefficient (Wildman–Crippen LogP) is 4.94. The van der Waals surface area contributed by atoms with Gasteiger partial charge < -0.3 is 0 Å². The molecule has 2 aromatic rings. The summed E-state index contributed by atoms with van der Waals surface area (Å²) in [5.41, 5.74) is -0.325. The molecule has 2 rings (SSSR count). The number of carbonyl (C=O) groups is 1. The van der Waals surface area contributed by atoms with Gasteiger partial charge in [-0.15, -0.1) is 0 Å². The Morgan fingerprint density at radius 2 is 1.95 bits per heavy atom. The Kier molecular flexibility index (Phi) is 4.68. The lowest BCUT2D eigenvalue weighted by molar-refractivity contribution is -0.137. The first-order valence-corrected chi connectivity index (χ1v) is 6.95. The molecule has 1 aromatic heterocycles. The molecule has 0 bridgehead atoms. The van der Waals surface area contributed by atoms with Gasteiger partial charge in [-0.25, -0.2) is 0 Å². The number of pyridine rings is 1. The zero-order chi connectivity index (χ0) is 15.6. The highest BCUT2D eigenvalue weighted by atomic mass is 79.9. The van der Waals surface area contributed by atoms with E-state index in [0.717, 1.165) is 16.6 Å². The van der Waals surface area contributed by atoms with Gasteiger partial charge in [0.15, 0.2) is 5.78 Å². The number of rotatable bonds is 3. The lowest BCUT2D eigenvalue weighted by Gasteiger charge is -2.07. The highest BCUT2D eigenvalue weighted by molar-refractivity contribution is 9.10. The van der Waals surface area contributed by atoms with E-state index in [1.165, 1.54) is 0 Å². The van der Waals surface area contributed by atoms with Gasteiger partial charge in [-0.2, -0.15) is 13.2 Å². The Bertz CT molecular complexity index is 671. The maximum Gasteiger partial charge on any atom is 0.417 e. The van der Waals surface area contributed by atoms with E-state index in [-0.39, 0.29) is 12.1 Å². The summed E-state index contributed by atoms with van der Waals surface area (Å²) in [5, 5.41) is 0.407. The first-order chi connectivity index (χ1) is 9.77. The maximum absolute atomic E-state index is 12.4. The molecule has 0 unspecified atom stereocenters. The summed E-state index contributed by atoms with van der Waals surface area (Å²) in [6.07, 6.45) is -3.84. The van der Waals surface area contributed by atoms with Gasteiger partial charge in [-0.3, -0.25) is 9.78 Å². The van der Waals surface area contributed by atoms with E-state index in [2.05, 4.69) is 20.9 Å². The van der Waals surface area contributed by atoms with Crippen molar-refractivity contribution < 1.29 is 18.0 Å². The maximum atomic E-state index is 12.4. The van der Waals surface area contributed by atoms with E-state index in [9.17, 15) is 18.0 Å². The van der Waals surface area contributed by atoms with Gasteiger partial charge in [0.1, 0.15) is 5.69 Å². The van der Waals surface area contributed by atoms with Crippen molar-refractivity contribution in [1.82, 2.24) is 4.98 Å². The van der Waals surface area contributed by atoms with Crippen LogP contribution in [0.15, 0.2) is 41.0 Å². The number of hydrogen-bond acceptors (Lipinski definition) is 2. The first kappa shape index (κ1) is 16.0. The Morgan fingerprint density at radius 3 is 2.48 bits per heavy atom. The molecule has 0 saturated carbocycles. The Hall–Kier alpha value is -1.40. The third-order valence-corrected chi connectivity index (χ3v) is 3.59. The van der Waals surface area contributed by atoms with Crippen molar-refractivity contribution in [2.75, 3.05) is 0 Å². The summed E-state index contributed by atoms with van der Waals surface area (Å²) in [5.74, 6) is -0.395. The molecule has 1 heterocycles. The number of aromatic nitrogens is 1. The van der Waals surface area contributed by atoms with E-state index in [0.29, 0.717) is 16.8 Å². The molecule has 21 heavy (non-hydrogen) atoms. The summed E-state index contributed by atoms with van der Waals surface area (Å²) in [7, 11) is 0. The van der Waals surface area contributed by atoms with Crippen LogP contribution in [0, 0.1) is 0 Å². The molecule has 0 aliphatic rings. The Labute approximate surface area is 132 Å². The molecule has 0 atom stereocenters. The molecule has 1 aromatic carbocycles. The third-order valence-electron chi connectivity index (χ3n) is 2.74. The second-order valence-corrected chi connectivity index (χ2v) is 5.59. The van der Waals surface area contributed by atoms with Crippen molar-refractivity contribution in [3.8, 4) is 0 Å². The fraction of sp³-hybridized carbons (Fsp3) is 0.143. The summed E-state index contributed by atoms with van der Waals surface area (Å²) < 4.78 is 38.0. The van der Waals surface area contributed by atoms with E-state index in [1.807, 2.05) is 0 Å². The number of Topliss-reactive ketones (excluding diaryl/α,β-unsaturated/α-hetero) is 1. The number of halogens is 5. The summed E-state index contributed by atoms with van der Waals surface area (Å²) in [6, 6.07) is 6.95. The van der Waals surface area contributed by atoms with Crippen LogP contribution in [-0.4, -0.2) is 10.8 Å². The van der Waals surface area contributed by atoms with Crippen molar-refractivity contribution in [1.29, 1.82) is 0 Å². The number of nitrogens with zero attached hydrogens (tertiary/aromatic N) is 1. The van der Waals surface area contributed by atoms with Crippen LogP contribution in [0.1, 0.15) is 21.6 Å². The summed E-state index contributed by atoms with van der Waals surface area (Å²) in [6.45, 7) is 0. The topological polar surface area (TPSA) is 30.0 Å². The Balaban J connectivity index is 2.17. The molecule has 0 radical (unpaired) electrons. The molecule has 0 amide bonds. The molecule has 0 fully saturated rings. The molecule has 0 aliphatic heterocycles. The van der Waals surface area contributed by atoms with Crippen LogP contribution in [0.3, 0.4) is 0 Å². The second kappa shape index (κ2) is 6.15. The van der Waals surface area contributed by atoms with E-state index < -0.39 is 17.5 Å². The normalized spacial score (nSPS) is 11.5. The summed E-state index contributed by atoms with van der Waals surface area (Å²) in [4.78, 5) is 15.6. The van der Waals surface area contributed by atoms with Crippen molar-refractivity contribution in [2.24, 2.45) is 0 Å². The monoisotopic (exact) mass is 377 g/mol. The molecule has 7 heteroatoms. The molecule has 110 valence electrons. The lowest BCUT2D eigenvalue weighted by Crippen LogP contribution is -2.10. The average molecular weight is 379 g/mol. The number of benzene rings is 1. The third kappa shape index (κ3) is 4.04. The minimum atomic E-state index is -4.47. The predicted molar refractivity (Wildman–Crippen MR) is 76.4 cm³/mol. The van der Waals surface area contributed by atoms with E-state index in [1.54, 1.807) is 18.2 Å². The first-order valence-electron chi connectivity index (χ1n) is 5.78. The van der Waals surface area contributed by atoms with Crippen LogP contribution in [0.4, 0.5) is 13.2 Å². The fourth-order valence-electron chi connectivity index (χ4n) is 1.66.